The van der Waals surface area contributed by atoms with E-state index in [0.29, 0.717) is 11.8 Å². The SMILES string of the molecule is CNc1nc(C(C)C)nc(OC(C)C)c1C. The van der Waals surface area contributed by atoms with Gasteiger partial charge in [-0.25, -0.2) is 4.98 Å². The first-order chi connectivity index (χ1) is 7.45. The van der Waals surface area contributed by atoms with Crippen molar-refractivity contribution in [1.82, 2.24) is 9.97 Å². The first-order valence-electron chi connectivity index (χ1n) is 5.68. The smallest absolute Gasteiger partial charge is 0.222 e. The minimum Gasteiger partial charge on any atom is -0.475 e. The monoisotopic (exact) mass is 223 g/mol. The molecule has 0 aliphatic heterocycles. The fourth-order valence-electron chi connectivity index (χ4n) is 1.35. The lowest BCUT2D eigenvalue weighted by molar-refractivity contribution is 0.229. The fraction of sp³-hybridized carbons (Fsp3) is 0.667. The van der Waals surface area contributed by atoms with Gasteiger partial charge in [0.2, 0.25) is 5.88 Å². The van der Waals surface area contributed by atoms with Crippen molar-refractivity contribution >= 4 is 5.82 Å². The van der Waals surface area contributed by atoms with Crippen LogP contribution in [0.5, 0.6) is 5.88 Å². The molecule has 0 bridgehead atoms. The van der Waals surface area contributed by atoms with Crippen molar-refractivity contribution < 1.29 is 4.74 Å². The van der Waals surface area contributed by atoms with Crippen LogP contribution in [0.2, 0.25) is 0 Å². The number of ether oxygens (including phenoxy) is 1. The van der Waals surface area contributed by atoms with Gasteiger partial charge in [0.1, 0.15) is 11.6 Å². The predicted molar refractivity (Wildman–Crippen MR) is 66.2 cm³/mol. The number of hydrogen-bond donors (Lipinski definition) is 1. The van der Waals surface area contributed by atoms with Crippen molar-refractivity contribution in [3.8, 4) is 5.88 Å². The van der Waals surface area contributed by atoms with Crippen LogP contribution in [0.4, 0.5) is 5.82 Å². The van der Waals surface area contributed by atoms with E-state index in [0.717, 1.165) is 17.2 Å². The van der Waals surface area contributed by atoms with Crippen molar-refractivity contribution in [1.29, 1.82) is 0 Å². The molecule has 1 aromatic heterocycles. The Morgan fingerprint density at radius 3 is 2.19 bits per heavy atom. The summed E-state index contributed by atoms with van der Waals surface area (Å²) in [5.41, 5.74) is 0.959. The zero-order valence-corrected chi connectivity index (χ0v) is 11.0. The van der Waals surface area contributed by atoms with Crippen LogP contribution in [0.1, 0.15) is 45.0 Å². The highest BCUT2D eigenvalue weighted by Gasteiger charge is 2.14. The zero-order chi connectivity index (χ0) is 12.3. The molecule has 0 atom stereocenters. The molecule has 1 rings (SSSR count). The van der Waals surface area contributed by atoms with Crippen LogP contribution in [0, 0.1) is 6.92 Å². The molecule has 0 radical (unpaired) electrons. The Balaban J connectivity index is 3.19. The van der Waals surface area contributed by atoms with E-state index in [1.54, 1.807) is 0 Å². The zero-order valence-electron chi connectivity index (χ0n) is 11.0. The Hall–Kier alpha value is -1.32. The second-order valence-electron chi connectivity index (χ2n) is 4.43. The summed E-state index contributed by atoms with van der Waals surface area (Å²) in [5, 5.41) is 3.07. The minimum atomic E-state index is 0.123. The molecular weight excluding hydrogens is 202 g/mol. The molecule has 0 amide bonds. The van der Waals surface area contributed by atoms with Gasteiger partial charge in [-0.3, -0.25) is 0 Å². The summed E-state index contributed by atoms with van der Waals surface area (Å²) in [4.78, 5) is 8.90. The van der Waals surface area contributed by atoms with Gasteiger partial charge in [-0.15, -0.1) is 0 Å². The average Bonchev–Trinajstić information content (AvgIpc) is 2.20. The maximum atomic E-state index is 5.69. The van der Waals surface area contributed by atoms with E-state index in [1.165, 1.54) is 0 Å². The first kappa shape index (κ1) is 12.7. The Labute approximate surface area is 97.5 Å². The van der Waals surface area contributed by atoms with Gasteiger partial charge in [0.05, 0.1) is 11.7 Å². The quantitative estimate of drug-likeness (QED) is 0.852. The lowest BCUT2D eigenvalue weighted by Crippen LogP contribution is -2.12. The van der Waals surface area contributed by atoms with Crippen molar-refractivity contribution in [2.24, 2.45) is 0 Å². The Morgan fingerprint density at radius 1 is 1.12 bits per heavy atom. The van der Waals surface area contributed by atoms with Crippen LogP contribution in [0.3, 0.4) is 0 Å². The van der Waals surface area contributed by atoms with Crippen molar-refractivity contribution in [2.45, 2.75) is 46.6 Å². The Bertz CT molecular complexity index is 362. The van der Waals surface area contributed by atoms with E-state index in [4.69, 9.17) is 4.74 Å². The van der Waals surface area contributed by atoms with E-state index < -0.39 is 0 Å². The van der Waals surface area contributed by atoms with Crippen LogP contribution >= 0.6 is 0 Å². The number of hydrogen-bond acceptors (Lipinski definition) is 4. The molecule has 0 aromatic carbocycles. The average molecular weight is 223 g/mol. The van der Waals surface area contributed by atoms with Gasteiger partial charge in [0.15, 0.2) is 0 Å². The van der Waals surface area contributed by atoms with Crippen molar-refractivity contribution in [3.05, 3.63) is 11.4 Å². The van der Waals surface area contributed by atoms with Crippen molar-refractivity contribution in [3.63, 3.8) is 0 Å². The van der Waals surface area contributed by atoms with Crippen LogP contribution in [0.25, 0.3) is 0 Å². The largest absolute Gasteiger partial charge is 0.475 e. The molecule has 16 heavy (non-hydrogen) atoms. The molecule has 0 aliphatic rings. The highest BCUT2D eigenvalue weighted by Crippen LogP contribution is 2.25. The molecule has 0 fully saturated rings. The molecule has 0 spiro atoms. The van der Waals surface area contributed by atoms with E-state index in [2.05, 4.69) is 29.1 Å². The van der Waals surface area contributed by atoms with Crippen LogP contribution < -0.4 is 10.1 Å². The van der Waals surface area contributed by atoms with Gasteiger partial charge < -0.3 is 10.1 Å². The summed E-state index contributed by atoms with van der Waals surface area (Å²) >= 11 is 0. The molecule has 0 aliphatic carbocycles. The summed E-state index contributed by atoms with van der Waals surface area (Å²) < 4.78 is 5.69. The van der Waals surface area contributed by atoms with Crippen LogP contribution in [-0.4, -0.2) is 23.1 Å². The van der Waals surface area contributed by atoms with Gasteiger partial charge in [-0.05, 0) is 20.8 Å². The second kappa shape index (κ2) is 5.14. The van der Waals surface area contributed by atoms with Gasteiger partial charge >= 0.3 is 0 Å². The fourth-order valence-corrected chi connectivity index (χ4v) is 1.35. The number of nitrogens with one attached hydrogen (secondary N) is 1. The third-order valence-electron chi connectivity index (χ3n) is 2.22. The van der Waals surface area contributed by atoms with Gasteiger partial charge in [-0.1, -0.05) is 13.8 Å². The lowest BCUT2D eigenvalue weighted by Gasteiger charge is -2.16. The second-order valence-corrected chi connectivity index (χ2v) is 4.43. The predicted octanol–water partition coefficient (Wildman–Crippen LogP) is 2.74. The van der Waals surface area contributed by atoms with Gasteiger partial charge in [0, 0.05) is 13.0 Å². The molecule has 0 unspecified atom stereocenters. The first-order valence-corrected chi connectivity index (χ1v) is 5.68. The van der Waals surface area contributed by atoms with Crippen LogP contribution in [0.15, 0.2) is 0 Å². The Morgan fingerprint density at radius 2 is 1.75 bits per heavy atom. The third kappa shape index (κ3) is 2.84. The number of aromatic nitrogens is 2. The third-order valence-corrected chi connectivity index (χ3v) is 2.22. The standard InChI is InChI=1S/C12H21N3O/c1-7(2)10-14-11(13-6)9(5)12(15-10)16-8(3)4/h7-8H,1-6H3,(H,13,14,15). The normalized spacial score (nSPS) is 11.0. The molecule has 0 saturated carbocycles. The maximum Gasteiger partial charge on any atom is 0.222 e. The molecule has 4 heteroatoms. The summed E-state index contributed by atoms with van der Waals surface area (Å²) in [6.07, 6.45) is 0.123. The maximum absolute atomic E-state index is 5.69. The minimum absolute atomic E-state index is 0.123. The summed E-state index contributed by atoms with van der Waals surface area (Å²) in [6.45, 7) is 10.1. The van der Waals surface area contributed by atoms with E-state index in [9.17, 15) is 0 Å². The van der Waals surface area contributed by atoms with E-state index in [1.807, 2.05) is 27.8 Å². The number of anilines is 1. The topological polar surface area (TPSA) is 47.0 Å². The Kier molecular flexibility index (Phi) is 4.10. The molecule has 4 nitrogen and oxygen atoms in total. The molecule has 90 valence electrons. The molecule has 0 saturated heterocycles. The molecule has 1 aromatic rings. The van der Waals surface area contributed by atoms with Crippen molar-refractivity contribution in [2.75, 3.05) is 12.4 Å². The van der Waals surface area contributed by atoms with Gasteiger partial charge in [0.25, 0.3) is 0 Å². The molecule has 1 N–H and O–H groups in total. The number of nitrogens with zero attached hydrogens (tertiary/aromatic N) is 2. The molecular formula is C12H21N3O. The molecule has 1 heterocycles. The number of rotatable bonds is 4. The van der Waals surface area contributed by atoms with Crippen LogP contribution in [-0.2, 0) is 0 Å². The van der Waals surface area contributed by atoms with Gasteiger partial charge in [-0.2, -0.15) is 4.98 Å². The highest BCUT2D eigenvalue weighted by atomic mass is 16.5. The van der Waals surface area contributed by atoms with E-state index in [-0.39, 0.29) is 6.10 Å². The summed E-state index contributed by atoms with van der Waals surface area (Å²) in [6, 6.07) is 0. The summed E-state index contributed by atoms with van der Waals surface area (Å²) in [5.74, 6) is 2.63. The summed E-state index contributed by atoms with van der Waals surface area (Å²) in [7, 11) is 1.86. The lowest BCUT2D eigenvalue weighted by atomic mass is 10.2. The van der Waals surface area contributed by atoms with E-state index >= 15 is 0 Å². The highest BCUT2D eigenvalue weighted by molar-refractivity contribution is 5.48.